The number of rotatable bonds is 5. The first kappa shape index (κ1) is 13.1. The lowest BCUT2D eigenvalue weighted by Crippen LogP contribution is -2.07. The summed E-state index contributed by atoms with van der Waals surface area (Å²) in [7, 11) is 0. The SMILES string of the molecule is CCOC(=O)CSCc1nc(N)c2ccsc2n1. The Balaban J connectivity index is 1.97. The van der Waals surface area contributed by atoms with Crippen molar-refractivity contribution in [1.82, 2.24) is 9.97 Å². The molecule has 2 aromatic heterocycles. The Morgan fingerprint density at radius 1 is 1.56 bits per heavy atom. The third-order valence-corrected chi connectivity index (χ3v) is 3.87. The van der Waals surface area contributed by atoms with E-state index in [-0.39, 0.29) is 5.97 Å². The number of esters is 1. The molecule has 0 unspecified atom stereocenters. The first-order valence-corrected chi connectivity index (χ1v) is 7.47. The second kappa shape index (κ2) is 6.01. The van der Waals surface area contributed by atoms with Crippen molar-refractivity contribution in [1.29, 1.82) is 0 Å². The topological polar surface area (TPSA) is 78.1 Å². The Hall–Kier alpha value is -1.34. The van der Waals surface area contributed by atoms with Gasteiger partial charge in [0.2, 0.25) is 0 Å². The summed E-state index contributed by atoms with van der Waals surface area (Å²) in [6, 6.07) is 1.91. The van der Waals surface area contributed by atoms with E-state index in [2.05, 4.69) is 9.97 Å². The number of aromatic nitrogens is 2. The van der Waals surface area contributed by atoms with Crippen molar-refractivity contribution < 1.29 is 9.53 Å². The van der Waals surface area contributed by atoms with Gasteiger partial charge in [-0.25, -0.2) is 9.97 Å². The maximum atomic E-state index is 11.2. The van der Waals surface area contributed by atoms with Crippen LogP contribution < -0.4 is 5.73 Å². The molecule has 0 spiro atoms. The molecule has 2 N–H and O–H groups in total. The van der Waals surface area contributed by atoms with Crippen molar-refractivity contribution in [2.45, 2.75) is 12.7 Å². The molecule has 0 aliphatic carbocycles. The molecule has 0 fully saturated rings. The zero-order valence-corrected chi connectivity index (χ0v) is 11.5. The van der Waals surface area contributed by atoms with Crippen LogP contribution >= 0.6 is 23.1 Å². The summed E-state index contributed by atoms with van der Waals surface area (Å²) in [5.41, 5.74) is 5.84. The van der Waals surface area contributed by atoms with Crippen molar-refractivity contribution in [3.05, 3.63) is 17.3 Å². The van der Waals surface area contributed by atoms with Gasteiger partial charge >= 0.3 is 5.97 Å². The third kappa shape index (κ3) is 3.11. The molecule has 0 saturated heterocycles. The highest BCUT2D eigenvalue weighted by molar-refractivity contribution is 7.99. The molecule has 18 heavy (non-hydrogen) atoms. The minimum atomic E-state index is -0.215. The zero-order valence-electron chi connectivity index (χ0n) is 9.88. The highest BCUT2D eigenvalue weighted by atomic mass is 32.2. The average molecular weight is 283 g/mol. The fourth-order valence-electron chi connectivity index (χ4n) is 1.42. The maximum Gasteiger partial charge on any atom is 0.315 e. The van der Waals surface area contributed by atoms with Gasteiger partial charge in [-0.15, -0.1) is 23.1 Å². The molecular formula is C11H13N3O2S2. The van der Waals surface area contributed by atoms with Gasteiger partial charge in [0, 0.05) is 0 Å². The highest BCUT2D eigenvalue weighted by Crippen LogP contribution is 2.24. The summed E-state index contributed by atoms with van der Waals surface area (Å²) in [4.78, 5) is 20.7. The van der Waals surface area contributed by atoms with Crippen LogP contribution in [-0.4, -0.2) is 28.3 Å². The lowest BCUT2D eigenvalue weighted by atomic mass is 10.4. The summed E-state index contributed by atoms with van der Waals surface area (Å²) in [6.07, 6.45) is 0. The van der Waals surface area contributed by atoms with Gasteiger partial charge in [0.15, 0.2) is 0 Å². The van der Waals surface area contributed by atoms with E-state index in [0.717, 1.165) is 10.2 Å². The van der Waals surface area contributed by atoms with E-state index in [1.54, 1.807) is 6.92 Å². The van der Waals surface area contributed by atoms with Gasteiger partial charge < -0.3 is 10.5 Å². The first-order chi connectivity index (χ1) is 8.70. The Kier molecular flexibility index (Phi) is 4.38. The number of hydrogen-bond acceptors (Lipinski definition) is 7. The fourth-order valence-corrected chi connectivity index (χ4v) is 2.87. The molecule has 0 radical (unpaired) electrons. The molecule has 7 heteroatoms. The molecule has 0 aromatic carbocycles. The summed E-state index contributed by atoms with van der Waals surface area (Å²) < 4.78 is 4.84. The molecular weight excluding hydrogens is 270 g/mol. The van der Waals surface area contributed by atoms with E-state index >= 15 is 0 Å². The fraction of sp³-hybridized carbons (Fsp3) is 0.364. The van der Waals surface area contributed by atoms with Gasteiger partial charge in [0.05, 0.1) is 23.5 Å². The summed E-state index contributed by atoms with van der Waals surface area (Å²) in [6.45, 7) is 2.20. The van der Waals surface area contributed by atoms with E-state index in [4.69, 9.17) is 10.5 Å². The summed E-state index contributed by atoms with van der Waals surface area (Å²) in [5.74, 6) is 1.79. The van der Waals surface area contributed by atoms with Crippen molar-refractivity contribution in [3.63, 3.8) is 0 Å². The molecule has 2 heterocycles. The second-order valence-corrected chi connectivity index (χ2v) is 5.34. The Morgan fingerprint density at radius 2 is 2.39 bits per heavy atom. The van der Waals surface area contributed by atoms with Crippen LogP contribution in [0.15, 0.2) is 11.4 Å². The van der Waals surface area contributed by atoms with E-state index in [0.29, 0.717) is 29.8 Å². The largest absolute Gasteiger partial charge is 0.465 e. The normalized spacial score (nSPS) is 10.7. The van der Waals surface area contributed by atoms with Crippen LogP contribution in [0.4, 0.5) is 5.82 Å². The number of nitrogen functional groups attached to an aromatic ring is 1. The van der Waals surface area contributed by atoms with Gasteiger partial charge in [-0.3, -0.25) is 4.79 Å². The molecule has 0 bridgehead atoms. The monoisotopic (exact) mass is 283 g/mol. The molecule has 2 rings (SSSR count). The van der Waals surface area contributed by atoms with Crippen LogP contribution in [0.3, 0.4) is 0 Å². The predicted molar refractivity (Wildman–Crippen MR) is 74.6 cm³/mol. The minimum absolute atomic E-state index is 0.215. The summed E-state index contributed by atoms with van der Waals surface area (Å²) >= 11 is 2.96. The van der Waals surface area contributed by atoms with Crippen LogP contribution in [0.25, 0.3) is 10.2 Å². The smallest absolute Gasteiger partial charge is 0.315 e. The Labute approximate surface area is 113 Å². The standard InChI is InChI=1S/C11H13N3O2S2/c1-2-16-9(15)6-17-5-8-13-10(12)7-3-4-18-11(7)14-8/h3-4H,2,5-6H2,1H3,(H2,12,13,14). The lowest BCUT2D eigenvalue weighted by Gasteiger charge is -2.03. The van der Waals surface area contributed by atoms with E-state index in [1.165, 1.54) is 23.1 Å². The number of nitrogens with two attached hydrogens (primary N) is 1. The number of fused-ring (bicyclic) bond motifs is 1. The number of thioether (sulfide) groups is 1. The Bertz CT molecular complexity index is 556. The summed E-state index contributed by atoms with van der Waals surface area (Å²) in [5, 5.41) is 2.82. The third-order valence-electron chi connectivity index (χ3n) is 2.16. The van der Waals surface area contributed by atoms with Gasteiger partial charge in [0.1, 0.15) is 16.5 Å². The zero-order chi connectivity index (χ0) is 13.0. The average Bonchev–Trinajstić information content (AvgIpc) is 2.78. The van der Waals surface area contributed by atoms with Crippen LogP contribution in [0, 0.1) is 0 Å². The number of ether oxygens (including phenoxy) is 1. The molecule has 0 atom stereocenters. The van der Waals surface area contributed by atoms with Crippen molar-refractivity contribution in [2.24, 2.45) is 0 Å². The van der Waals surface area contributed by atoms with Crippen molar-refractivity contribution in [2.75, 3.05) is 18.1 Å². The molecule has 2 aromatic rings. The molecule has 96 valence electrons. The van der Waals surface area contributed by atoms with Gasteiger partial charge in [0.25, 0.3) is 0 Å². The number of hydrogen-bond donors (Lipinski definition) is 1. The highest BCUT2D eigenvalue weighted by Gasteiger charge is 2.08. The molecule has 5 nitrogen and oxygen atoms in total. The van der Waals surface area contributed by atoms with Crippen LogP contribution in [0.1, 0.15) is 12.7 Å². The molecule has 0 aliphatic heterocycles. The van der Waals surface area contributed by atoms with Crippen LogP contribution in [-0.2, 0) is 15.3 Å². The first-order valence-electron chi connectivity index (χ1n) is 5.43. The molecule has 0 saturated carbocycles. The van der Waals surface area contributed by atoms with Gasteiger partial charge in [-0.2, -0.15) is 0 Å². The van der Waals surface area contributed by atoms with E-state index in [1.807, 2.05) is 11.4 Å². The number of anilines is 1. The van der Waals surface area contributed by atoms with E-state index in [9.17, 15) is 4.79 Å². The number of thiophene rings is 1. The number of nitrogens with zero attached hydrogens (tertiary/aromatic N) is 2. The number of carbonyl (C=O) groups excluding carboxylic acids is 1. The van der Waals surface area contributed by atoms with Gasteiger partial charge in [-0.1, -0.05) is 0 Å². The predicted octanol–water partition coefficient (Wildman–Crippen LogP) is 2.07. The molecule has 0 aliphatic rings. The number of carbonyl (C=O) groups is 1. The van der Waals surface area contributed by atoms with E-state index < -0.39 is 0 Å². The second-order valence-electron chi connectivity index (χ2n) is 3.46. The quantitative estimate of drug-likeness (QED) is 0.846. The lowest BCUT2D eigenvalue weighted by molar-refractivity contribution is -0.139. The van der Waals surface area contributed by atoms with Crippen LogP contribution in [0.5, 0.6) is 0 Å². The van der Waals surface area contributed by atoms with Crippen molar-refractivity contribution in [3.8, 4) is 0 Å². The van der Waals surface area contributed by atoms with Gasteiger partial charge in [-0.05, 0) is 18.4 Å². The minimum Gasteiger partial charge on any atom is -0.465 e. The Morgan fingerprint density at radius 3 is 3.17 bits per heavy atom. The van der Waals surface area contributed by atoms with Crippen molar-refractivity contribution >= 4 is 45.1 Å². The van der Waals surface area contributed by atoms with Crippen LogP contribution in [0.2, 0.25) is 0 Å². The molecule has 0 amide bonds. The maximum absolute atomic E-state index is 11.2.